The summed E-state index contributed by atoms with van der Waals surface area (Å²) in [5.41, 5.74) is 0.0475. The Morgan fingerprint density at radius 3 is 2.39 bits per heavy atom. The zero-order valence-electron chi connectivity index (χ0n) is 9.53. The van der Waals surface area contributed by atoms with Crippen LogP contribution < -0.4 is 10.0 Å². The predicted molar refractivity (Wildman–Crippen MR) is 63.5 cm³/mol. The fourth-order valence-electron chi connectivity index (χ4n) is 1.36. The van der Waals surface area contributed by atoms with Gasteiger partial charge in [-0.2, -0.15) is 0 Å². The van der Waals surface area contributed by atoms with Gasteiger partial charge in [-0.05, 0) is 12.1 Å². The van der Waals surface area contributed by atoms with Gasteiger partial charge in [0.15, 0.2) is 0 Å². The van der Waals surface area contributed by atoms with Crippen molar-refractivity contribution < 1.29 is 23.1 Å². The summed E-state index contributed by atoms with van der Waals surface area (Å²) in [5.74, 6) is -2.03. The van der Waals surface area contributed by atoms with E-state index in [0.29, 0.717) is 0 Å². The summed E-state index contributed by atoms with van der Waals surface area (Å²) in [7, 11) is -2.69. The standard InChI is InChI=1S/C10H12N2O5S/c1-12(9(13)6-10(14)15)7-4-2-3-5-8(7)18(11,16)17/h2-5H,6H2,1H3,(H,14,15)(H2,11,16,17). The molecule has 0 aliphatic heterocycles. The quantitative estimate of drug-likeness (QED) is 0.734. The van der Waals surface area contributed by atoms with E-state index in [0.717, 1.165) is 4.90 Å². The highest BCUT2D eigenvalue weighted by atomic mass is 32.2. The lowest BCUT2D eigenvalue weighted by molar-refractivity contribution is -0.140. The lowest BCUT2D eigenvalue weighted by Crippen LogP contribution is -2.30. The van der Waals surface area contributed by atoms with E-state index in [2.05, 4.69) is 0 Å². The van der Waals surface area contributed by atoms with Crippen LogP contribution in [0.5, 0.6) is 0 Å². The molecule has 0 aromatic heterocycles. The van der Waals surface area contributed by atoms with Gasteiger partial charge in [-0.15, -0.1) is 0 Å². The molecule has 1 aromatic rings. The first-order valence-electron chi connectivity index (χ1n) is 4.83. The Morgan fingerprint density at radius 2 is 1.89 bits per heavy atom. The van der Waals surface area contributed by atoms with Crippen molar-refractivity contribution in [3.63, 3.8) is 0 Å². The molecule has 0 aliphatic carbocycles. The van der Waals surface area contributed by atoms with Gasteiger partial charge in [0.25, 0.3) is 0 Å². The van der Waals surface area contributed by atoms with Crippen molar-refractivity contribution in [2.75, 3.05) is 11.9 Å². The van der Waals surface area contributed by atoms with Crippen LogP contribution in [0.15, 0.2) is 29.2 Å². The first-order valence-corrected chi connectivity index (χ1v) is 6.38. The van der Waals surface area contributed by atoms with E-state index in [1.165, 1.54) is 31.3 Å². The molecule has 1 amide bonds. The minimum absolute atomic E-state index is 0.0475. The SMILES string of the molecule is CN(C(=O)CC(=O)O)c1ccccc1S(N)(=O)=O. The maximum Gasteiger partial charge on any atom is 0.312 e. The highest BCUT2D eigenvalue weighted by Crippen LogP contribution is 2.23. The van der Waals surface area contributed by atoms with Crippen LogP contribution in [0.4, 0.5) is 5.69 Å². The normalized spacial score (nSPS) is 11.0. The van der Waals surface area contributed by atoms with E-state index in [9.17, 15) is 18.0 Å². The molecule has 8 heteroatoms. The van der Waals surface area contributed by atoms with E-state index in [1.54, 1.807) is 0 Å². The number of benzene rings is 1. The maximum absolute atomic E-state index is 11.5. The van der Waals surface area contributed by atoms with Gasteiger partial charge in [-0.3, -0.25) is 9.59 Å². The molecule has 98 valence electrons. The second-order valence-corrected chi connectivity index (χ2v) is 5.07. The van der Waals surface area contributed by atoms with Crippen molar-refractivity contribution in [3.05, 3.63) is 24.3 Å². The number of para-hydroxylation sites is 1. The fourth-order valence-corrected chi connectivity index (χ4v) is 2.12. The molecule has 1 rings (SSSR count). The molecule has 0 aliphatic rings. The number of nitrogens with two attached hydrogens (primary N) is 1. The first kappa shape index (κ1) is 14.1. The molecular weight excluding hydrogens is 260 g/mol. The Labute approximate surface area is 104 Å². The zero-order chi connectivity index (χ0) is 13.9. The Kier molecular flexibility index (Phi) is 4.04. The highest BCUT2D eigenvalue weighted by Gasteiger charge is 2.21. The lowest BCUT2D eigenvalue weighted by Gasteiger charge is -2.18. The number of hydrogen-bond donors (Lipinski definition) is 2. The maximum atomic E-state index is 11.5. The minimum atomic E-state index is -3.98. The number of amides is 1. The zero-order valence-corrected chi connectivity index (χ0v) is 10.3. The molecule has 0 saturated heterocycles. The van der Waals surface area contributed by atoms with E-state index in [-0.39, 0.29) is 10.6 Å². The number of anilines is 1. The topological polar surface area (TPSA) is 118 Å². The molecule has 0 bridgehead atoms. The summed E-state index contributed by atoms with van der Waals surface area (Å²) in [6, 6.07) is 5.60. The van der Waals surface area contributed by atoms with Crippen molar-refractivity contribution in [3.8, 4) is 0 Å². The smallest absolute Gasteiger partial charge is 0.312 e. The number of rotatable bonds is 4. The van der Waals surface area contributed by atoms with Gasteiger partial charge in [-0.1, -0.05) is 12.1 Å². The van der Waals surface area contributed by atoms with E-state index in [4.69, 9.17) is 10.2 Å². The average molecular weight is 272 g/mol. The third-order valence-corrected chi connectivity index (χ3v) is 3.17. The van der Waals surface area contributed by atoms with Crippen LogP contribution in [0.2, 0.25) is 0 Å². The molecule has 7 nitrogen and oxygen atoms in total. The molecule has 0 spiro atoms. The van der Waals surface area contributed by atoms with Gasteiger partial charge in [0.1, 0.15) is 11.3 Å². The summed E-state index contributed by atoms with van der Waals surface area (Å²) in [5, 5.41) is 13.5. The number of carboxylic acids is 1. The fraction of sp³-hybridized carbons (Fsp3) is 0.200. The number of carbonyl (C=O) groups is 2. The van der Waals surface area contributed by atoms with Gasteiger partial charge in [0.2, 0.25) is 15.9 Å². The van der Waals surface area contributed by atoms with E-state index in [1.807, 2.05) is 0 Å². The number of primary sulfonamides is 1. The molecule has 0 radical (unpaired) electrons. The summed E-state index contributed by atoms with van der Waals surface area (Å²) in [4.78, 5) is 22.7. The van der Waals surface area contributed by atoms with Crippen LogP contribution in [-0.4, -0.2) is 32.4 Å². The predicted octanol–water partition coefficient (Wildman–Crippen LogP) is -0.228. The number of carbonyl (C=O) groups excluding carboxylic acids is 1. The van der Waals surface area contributed by atoms with Gasteiger partial charge >= 0.3 is 5.97 Å². The van der Waals surface area contributed by atoms with Crippen LogP contribution in [0, 0.1) is 0 Å². The molecular formula is C10H12N2O5S. The Hall–Kier alpha value is -1.93. The largest absolute Gasteiger partial charge is 0.481 e. The Bertz CT molecular complexity index is 582. The monoisotopic (exact) mass is 272 g/mol. The van der Waals surface area contributed by atoms with Crippen molar-refractivity contribution in [1.29, 1.82) is 0 Å². The number of hydrogen-bond acceptors (Lipinski definition) is 4. The molecule has 0 saturated carbocycles. The van der Waals surface area contributed by atoms with Crippen LogP contribution >= 0.6 is 0 Å². The molecule has 0 heterocycles. The minimum Gasteiger partial charge on any atom is -0.481 e. The molecule has 3 N–H and O–H groups in total. The number of nitrogens with zero attached hydrogens (tertiary/aromatic N) is 1. The molecule has 0 unspecified atom stereocenters. The third-order valence-electron chi connectivity index (χ3n) is 2.21. The van der Waals surface area contributed by atoms with E-state index < -0.39 is 28.3 Å². The van der Waals surface area contributed by atoms with Crippen molar-refractivity contribution >= 4 is 27.6 Å². The molecule has 18 heavy (non-hydrogen) atoms. The van der Waals surface area contributed by atoms with Gasteiger partial charge in [0.05, 0.1) is 5.69 Å². The van der Waals surface area contributed by atoms with Crippen LogP contribution in [0.1, 0.15) is 6.42 Å². The van der Waals surface area contributed by atoms with Gasteiger partial charge < -0.3 is 10.0 Å². The third kappa shape index (κ3) is 3.28. The Morgan fingerprint density at radius 1 is 1.33 bits per heavy atom. The second-order valence-electron chi connectivity index (χ2n) is 3.54. The summed E-state index contributed by atoms with van der Waals surface area (Å²) >= 11 is 0. The van der Waals surface area contributed by atoms with Crippen LogP contribution in [0.3, 0.4) is 0 Å². The lowest BCUT2D eigenvalue weighted by atomic mass is 10.2. The summed E-state index contributed by atoms with van der Waals surface area (Å²) in [6.45, 7) is 0. The summed E-state index contributed by atoms with van der Waals surface area (Å²) in [6.07, 6.45) is -0.727. The number of aliphatic carboxylic acids is 1. The van der Waals surface area contributed by atoms with Crippen molar-refractivity contribution in [2.24, 2.45) is 5.14 Å². The van der Waals surface area contributed by atoms with E-state index >= 15 is 0 Å². The van der Waals surface area contributed by atoms with Gasteiger partial charge in [0, 0.05) is 7.05 Å². The average Bonchev–Trinajstić information content (AvgIpc) is 2.26. The van der Waals surface area contributed by atoms with Crippen molar-refractivity contribution in [1.82, 2.24) is 0 Å². The number of carboxylic acid groups (broad SMARTS) is 1. The van der Waals surface area contributed by atoms with Gasteiger partial charge in [-0.25, -0.2) is 13.6 Å². The van der Waals surface area contributed by atoms with Crippen molar-refractivity contribution in [2.45, 2.75) is 11.3 Å². The summed E-state index contributed by atoms with van der Waals surface area (Å²) < 4.78 is 22.7. The van der Waals surface area contributed by atoms with Crippen LogP contribution in [-0.2, 0) is 19.6 Å². The molecule has 1 aromatic carbocycles. The Balaban J connectivity index is 3.18. The molecule has 0 atom stereocenters. The second kappa shape index (κ2) is 5.15. The number of sulfonamides is 1. The first-order chi connectivity index (χ1) is 8.23. The highest BCUT2D eigenvalue weighted by molar-refractivity contribution is 7.89. The van der Waals surface area contributed by atoms with Crippen LogP contribution in [0.25, 0.3) is 0 Å². The molecule has 0 fully saturated rings.